The van der Waals surface area contributed by atoms with E-state index >= 15 is 0 Å². The van der Waals surface area contributed by atoms with Crippen LogP contribution in [-0.2, 0) is 4.74 Å². The Bertz CT molecular complexity index is 384. The summed E-state index contributed by atoms with van der Waals surface area (Å²) < 4.78 is 10.5. The lowest BCUT2D eigenvalue weighted by molar-refractivity contribution is 0.189. The van der Waals surface area contributed by atoms with Gasteiger partial charge in [0.2, 0.25) is 5.88 Å². The van der Waals surface area contributed by atoms with E-state index in [4.69, 9.17) is 21.1 Å². The quantitative estimate of drug-likeness (QED) is 0.473. The molecule has 0 aliphatic carbocycles. The minimum Gasteiger partial charge on any atom is -0.417 e. The van der Waals surface area contributed by atoms with Crippen LogP contribution >= 0.6 is 23.8 Å². The van der Waals surface area contributed by atoms with Crippen LogP contribution in [-0.4, -0.2) is 30.4 Å². The van der Waals surface area contributed by atoms with Gasteiger partial charge in [-0.1, -0.05) is 19.2 Å². The van der Waals surface area contributed by atoms with Crippen molar-refractivity contribution in [3.63, 3.8) is 0 Å². The van der Waals surface area contributed by atoms with Crippen LogP contribution in [0.15, 0.2) is 18.3 Å². The van der Waals surface area contributed by atoms with Crippen molar-refractivity contribution in [3.05, 3.63) is 18.3 Å². The molecule has 0 saturated heterocycles. The Labute approximate surface area is 113 Å². The summed E-state index contributed by atoms with van der Waals surface area (Å²) in [6.07, 6.45) is 2.61. The third-order valence-corrected chi connectivity index (χ3v) is 5.31. The second-order valence-corrected chi connectivity index (χ2v) is 9.82. The fraction of sp³-hybridized carbons (Fsp3) is 0.455. The maximum Gasteiger partial charge on any atom is 0.262 e. The van der Waals surface area contributed by atoms with Crippen LogP contribution in [0.3, 0.4) is 0 Å². The summed E-state index contributed by atoms with van der Waals surface area (Å²) in [4.78, 5) is 4.18. The fourth-order valence-corrected chi connectivity index (χ4v) is 3.36. The van der Waals surface area contributed by atoms with Gasteiger partial charge in [-0.05, 0) is 35.9 Å². The van der Waals surface area contributed by atoms with Crippen LogP contribution in [0, 0.1) is 0 Å². The molecule has 1 aromatic rings. The highest BCUT2D eigenvalue weighted by atomic mass is 35.5. The molecule has 0 unspecified atom stereocenters. The highest BCUT2D eigenvalue weighted by molar-refractivity contribution is 7.82. The molecule has 6 heteroatoms. The van der Waals surface area contributed by atoms with Crippen molar-refractivity contribution in [2.75, 3.05) is 12.8 Å². The lowest BCUT2D eigenvalue weighted by atomic mass is 10.5. The molecule has 1 aromatic heterocycles. The summed E-state index contributed by atoms with van der Waals surface area (Å²) in [5.74, 6) is 0.426. The lowest BCUT2D eigenvalue weighted by Gasteiger charge is -2.22. The zero-order chi connectivity index (χ0) is 12.9. The van der Waals surface area contributed by atoms with E-state index in [1.165, 1.54) is 5.19 Å². The Morgan fingerprint density at radius 3 is 2.65 bits per heavy atom. The Hall–Kier alpha value is -0.493. The molecule has 0 aliphatic heterocycles. The van der Waals surface area contributed by atoms with Crippen molar-refractivity contribution in [2.45, 2.75) is 20.0 Å². The van der Waals surface area contributed by atoms with Gasteiger partial charge in [0.25, 0.3) is 4.51 Å². The molecule has 94 valence electrons. The predicted molar refractivity (Wildman–Crippen MR) is 76.9 cm³/mol. The van der Waals surface area contributed by atoms with Crippen LogP contribution in [0.4, 0.5) is 0 Å². The zero-order valence-electron chi connectivity index (χ0n) is 10.2. The number of nitrogens with zero attached hydrogens (tertiary/aromatic N) is 1. The first kappa shape index (κ1) is 14.6. The number of hydrogen-bond acceptors (Lipinski definition) is 4. The van der Waals surface area contributed by atoms with E-state index in [0.29, 0.717) is 5.88 Å². The molecule has 0 spiro atoms. The van der Waals surface area contributed by atoms with Crippen LogP contribution in [0.1, 0.15) is 6.92 Å². The predicted octanol–water partition coefficient (Wildman–Crippen LogP) is 2.48. The van der Waals surface area contributed by atoms with Gasteiger partial charge in [-0.3, -0.25) is 0 Å². The Balaban J connectivity index is 2.75. The summed E-state index contributed by atoms with van der Waals surface area (Å²) in [7, 11) is -1.57. The van der Waals surface area contributed by atoms with Crippen LogP contribution in [0.2, 0.25) is 13.1 Å². The summed E-state index contributed by atoms with van der Waals surface area (Å²) in [5, 5.41) is 1.22. The van der Waals surface area contributed by atoms with Gasteiger partial charge in [0.1, 0.15) is 8.07 Å². The fourth-order valence-electron chi connectivity index (χ4n) is 1.36. The smallest absolute Gasteiger partial charge is 0.262 e. The van der Waals surface area contributed by atoms with Gasteiger partial charge in [-0.2, -0.15) is 0 Å². The molecule has 0 amide bonds. The minimum absolute atomic E-state index is 0.0453. The maximum absolute atomic E-state index is 5.51. The average Bonchev–Trinajstić information content (AvgIpc) is 2.26. The van der Waals surface area contributed by atoms with Crippen molar-refractivity contribution >= 4 is 41.6 Å². The third kappa shape index (κ3) is 4.71. The van der Waals surface area contributed by atoms with Crippen LogP contribution in [0.5, 0.6) is 5.88 Å². The van der Waals surface area contributed by atoms with Gasteiger partial charge < -0.3 is 9.47 Å². The van der Waals surface area contributed by atoms with E-state index < -0.39 is 8.07 Å². The largest absolute Gasteiger partial charge is 0.417 e. The molecule has 0 fully saturated rings. The first-order valence-electron chi connectivity index (χ1n) is 5.37. The molecule has 0 bridgehead atoms. The number of halogens is 1. The number of pyridine rings is 1. The Kier molecular flexibility index (Phi) is 5.52. The molecule has 3 nitrogen and oxygen atoms in total. The highest BCUT2D eigenvalue weighted by Gasteiger charge is 2.24. The number of ether oxygens (including phenoxy) is 2. The second kappa shape index (κ2) is 6.44. The van der Waals surface area contributed by atoms with Gasteiger partial charge in [0, 0.05) is 25.1 Å². The first-order valence-corrected chi connectivity index (χ1v) is 9.36. The summed E-state index contributed by atoms with van der Waals surface area (Å²) >= 11 is 10.1. The van der Waals surface area contributed by atoms with Crippen molar-refractivity contribution in [2.24, 2.45) is 0 Å². The van der Waals surface area contributed by atoms with Gasteiger partial charge >= 0.3 is 0 Å². The SMILES string of the molecule is CCOC[Si](C)(C)c1ccc(OC(=S)Cl)nc1. The highest BCUT2D eigenvalue weighted by Crippen LogP contribution is 2.09. The first-order chi connectivity index (χ1) is 7.95. The van der Waals surface area contributed by atoms with Crippen molar-refractivity contribution < 1.29 is 9.47 Å². The Morgan fingerprint density at radius 2 is 2.18 bits per heavy atom. The van der Waals surface area contributed by atoms with E-state index in [1.807, 2.05) is 19.2 Å². The van der Waals surface area contributed by atoms with Gasteiger partial charge in [-0.15, -0.1) is 0 Å². The third-order valence-electron chi connectivity index (χ3n) is 2.37. The molecule has 0 radical (unpaired) electrons. The van der Waals surface area contributed by atoms with E-state index in [2.05, 4.69) is 30.3 Å². The van der Waals surface area contributed by atoms with Crippen molar-refractivity contribution in [1.82, 2.24) is 4.98 Å². The molecule has 1 heterocycles. The molecular formula is C11H16ClNO2SSi. The standard InChI is InChI=1S/C11H16ClNO2SSi/c1-4-14-8-17(2,3)9-5-6-10(13-7-9)15-11(12)16/h5-7H,4,8H2,1-3H3. The average molecular weight is 290 g/mol. The monoisotopic (exact) mass is 289 g/mol. The zero-order valence-corrected chi connectivity index (χ0v) is 12.8. The van der Waals surface area contributed by atoms with Crippen LogP contribution < -0.4 is 9.92 Å². The molecule has 0 aromatic carbocycles. The normalized spacial score (nSPS) is 11.3. The van der Waals surface area contributed by atoms with Gasteiger partial charge in [-0.25, -0.2) is 4.98 Å². The van der Waals surface area contributed by atoms with Crippen LogP contribution in [0.25, 0.3) is 0 Å². The number of aromatic nitrogens is 1. The topological polar surface area (TPSA) is 31.4 Å². The van der Waals surface area contributed by atoms with Gasteiger partial charge in [0.15, 0.2) is 0 Å². The van der Waals surface area contributed by atoms with E-state index in [1.54, 1.807) is 6.07 Å². The number of thiocarbonyl (C=S) groups is 1. The lowest BCUT2D eigenvalue weighted by Crippen LogP contribution is -2.46. The van der Waals surface area contributed by atoms with Crippen molar-refractivity contribution in [3.8, 4) is 5.88 Å². The minimum atomic E-state index is -1.57. The molecule has 1 rings (SSSR count). The molecular weight excluding hydrogens is 274 g/mol. The number of hydrogen-bond donors (Lipinski definition) is 0. The Morgan fingerprint density at radius 1 is 1.47 bits per heavy atom. The van der Waals surface area contributed by atoms with E-state index in [0.717, 1.165) is 12.8 Å². The second-order valence-electron chi connectivity index (χ2n) is 4.25. The summed E-state index contributed by atoms with van der Waals surface area (Å²) in [6.45, 7) is 7.23. The molecule has 0 aliphatic rings. The molecule has 0 atom stereocenters. The molecule has 0 N–H and O–H groups in total. The molecule has 17 heavy (non-hydrogen) atoms. The van der Waals surface area contributed by atoms with Gasteiger partial charge in [0.05, 0.1) is 0 Å². The van der Waals surface area contributed by atoms with E-state index in [9.17, 15) is 0 Å². The maximum atomic E-state index is 5.51. The summed E-state index contributed by atoms with van der Waals surface area (Å²) in [6, 6.07) is 3.79. The molecule has 0 saturated carbocycles. The van der Waals surface area contributed by atoms with Crippen molar-refractivity contribution in [1.29, 1.82) is 0 Å². The number of rotatable bonds is 5. The van der Waals surface area contributed by atoms with E-state index in [-0.39, 0.29) is 4.51 Å². The summed E-state index contributed by atoms with van der Waals surface area (Å²) in [5.41, 5.74) is 0.